The molecule has 3 aromatic rings. The summed E-state index contributed by atoms with van der Waals surface area (Å²) < 4.78 is 13.5. The smallest absolute Gasteiger partial charge is 0.250 e. The minimum atomic E-state index is -0.446. The molecule has 0 radical (unpaired) electrons. The van der Waals surface area contributed by atoms with Crippen molar-refractivity contribution in [3.05, 3.63) is 92.9 Å². The second-order valence-electron chi connectivity index (χ2n) is 9.67. The number of fused-ring (bicyclic) bond motifs is 2. The zero-order valence-electron chi connectivity index (χ0n) is 20.4. The lowest BCUT2D eigenvalue weighted by Gasteiger charge is -2.42. The van der Waals surface area contributed by atoms with E-state index < -0.39 is 5.60 Å². The van der Waals surface area contributed by atoms with Crippen LogP contribution in [0.1, 0.15) is 46.6 Å². The van der Waals surface area contributed by atoms with E-state index in [0.717, 1.165) is 50.1 Å². The standard InChI is InChI=1S/C29H34N2O3/c1-20-15-22(25-9-5-4-7-21(25)8-6-14-33-3)10-11-24(20)27-17-30-13-12-29(27)26-16-28(32)31(2)18-23(26)19-34-29/h4-5,7,9-11,15-16,18,27,30H,6,8,12-14,17,19H2,1-3H3/t27?,29-/m0/s1. The Labute approximate surface area is 201 Å². The van der Waals surface area contributed by atoms with Crippen LogP contribution in [-0.4, -0.2) is 31.4 Å². The highest BCUT2D eigenvalue weighted by molar-refractivity contribution is 5.69. The van der Waals surface area contributed by atoms with E-state index >= 15 is 0 Å². The molecule has 1 N–H and O–H groups in total. The van der Waals surface area contributed by atoms with Crippen LogP contribution in [0.4, 0.5) is 0 Å². The van der Waals surface area contributed by atoms with E-state index in [9.17, 15) is 4.79 Å². The van der Waals surface area contributed by atoms with Gasteiger partial charge >= 0.3 is 0 Å². The van der Waals surface area contributed by atoms with Crippen molar-refractivity contribution in [3.63, 3.8) is 0 Å². The summed E-state index contributed by atoms with van der Waals surface area (Å²) in [5, 5.41) is 3.58. The summed E-state index contributed by atoms with van der Waals surface area (Å²) in [5.41, 5.74) is 8.23. The van der Waals surface area contributed by atoms with Crippen LogP contribution in [0, 0.1) is 6.92 Å². The third kappa shape index (κ3) is 4.02. The van der Waals surface area contributed by atoms with Gasteiger partial charge in [-0.3, -0.25) is 4.79 Å². The molecule has 1 aromatic heterocycles. The third-order valence-corrected chi connectivity index (χ3v) is 7.60. The SMILES string of the molecule is COCCCc1ccccc1-c1ccc(C2CNCC[C@@]23OCc2cn(C)c(=O)cc23)c(C)c1. The van der Waals surface area contributed by atoms with Gasteiger partial charge in [-0.25, -0.2) is 0 Å². The topological polar surface area (TPSA) is 52.5 Å². The van der Waals surface area contributed by atoms with Crippen LogP contribution >= 0.6 is 0 Å². The van der Waals surface area contributed by atoms with Gasteiger partial charge in [0.2, 0.25) is 0 Å². The molecule has 2 aromatic carbocycles. The number of hydrogen-bond acceptors (Lipinski definition) is 4. The molecule has 0 bridgehead atoms. The monoisotopic (exact) mass is 458 g/mol. The summed E-state index contributed by atoms with van der Waals surface area (Å²) in [7, 11) is 3.56. The van der Waals surface area contributed by atoms with E-state index in [-0.39, 0.29) is 11.5 Å². The summed E-state index contributed by atoms with van der Waals surface area (Å²) in [4.78, 5) is 12.5. The van der Waals surface area contributed by atoms with Crippen LogP contribution < -0.4 is 10.9 Å². The fourth-order valence-electron chi connectivity index (χ4n) is 5.86. The van der Waals surface area contributed by atoms with Crippen LogP contribution in [-0.2, 0) is 35.2 Å². The molecular weight excluding hydrogens is 424 g/mol. The number of aromatic nitrogens is 1. The molecule has 3 heterocycles. The normalized spacial score (nSPS) is 21.7. The van der Waals surface area contributed by atoms with Gasteiger partial charge < -0.3 is 19.4 Å². The molecule has 0 saturated carbocycles. The zero-order chi connectivity index (χ0) is 23.7. The second kappa shape index (κ2) is 9.49. The van der Waals surface area contributed by atoms with Gasteiger partial charge in [-0.1, -0.05) is 42.5 Å². The number of hydrogen-bond donors (Lipinski definition) is 1. The van der Waals surface area contributed by atoms with Gasteiger partial charge in [-0.05, 0) is 66.1 Å². The van der Waals surface area contributed by atoms with E-state index in [1.807, 2.05) is 13.2 Å². The molecule has 0 amide bonds. The Morgan fingerprint density at radius 2 is 2.06 bits per heavy atom. The summed E-state index contributed by atoms with van der Waals surface area (Å²) in [5.74, 6) is 0.153. The van der Waals surface area contributed by atoms with E-state index in [4.69, 9.17) is 9.47 Å². The lowest BCUT2D eigenvalue weighted by atomic mass is 9.72. The Hall–Kier alpha value is -2.73. The van der Waals surface area contributed by atoms with Crippen LogP contribution in [0.15, 0.2) is 59.5 Å². The average molecular weight is 459 g/mol. The van der Waals surface area contributed by atoms with Crippen molar-refractivity contribution in [1.82, 2.24) is 9.88 Å². The van der Waals surface area contributed by atoms with Crippen LogP contribution in [0.25, 0.3) is 11.1 Å². The van der Waals surface area contributed by atoms with E-state index in [1.54, 1.807) is 17.7 Å². The molecule has 2 aliphatic heterocycles. The predicted molar refractivity (Wildman–Crippen MR) is 135 cm³/mol. The molecule has 2 atom stereocenters. The van der Waals surface area contributed by atoms with Gasteiger partial charge in [-0.2, -0.15) is 0 Å². The average Bonchev–Trinajstić information content (AvgIpc) is 3.17. The highest BCUT2D eigenvalue weighted by Crippen LogP contribution is 2.50. The van der Waals surface area contributed by atoms with Crippen molar-refractivity contribution < 1.29 is 9.47 Å². The summed E-state index contributed by atoms with van der Waals surface area (Å²) >= 11 is 0. The number of piperidine rings is 1. The molecule has 0 aliphatic carbocycles. The molecule has 5 heteroatoms. The molecule has 5 rings (SSSR count). The highest BCUT2D eigenvalue weighted by atomic mass is 16.5. The van der Waals surface area contributed by atoms with E-state index in [1.165, 1.54) is 27.8 Å². The maximum Gasteiger partial charge on any atom is 0.250 e. The molecule has 2 aliphatic rings. The third-order valence-electron chi connectivity index (χ3n) is 7.60. The van der Waals surface area contributed by atoms with Crippen LogP contribution in [0.5, 0.6) is 0 Å². The Kier molecular flexibility index (Phi) is 6.43. The second-order valence-corrected chi connectivity index (χ2v) is 9.67. The number of benzene rings is 2. The van der Waals surface area contributed by atoms with Crippen LogP contribution in [0.2, 0.25) is 0 Å². The molecule has 1 fully saturated rings. The first-order valence-corrected chi connectivity index (χ1v) is 12.3. The lowest BCUT2D eigenvalue weighted by molar-refractivity contribution is -0.0749. The minimum absolute atomic E-state index is 0.0260. The van der Waals surface area contributed by atoms with Gasteiger partial charge in [0.05, 0.1) is 6.61 Å². The van der Waals surface area contributed by atoms with Crippen molar-refractivity contribution in [2.24, 2.45) is 7.05 Å². The Morgan fingerprint density at radius 3 is 2.88 bits per heavy atom. The maximum absolute atomic E-state index is 12.5. The van der Waals surface area contributed by atoms with Crippen molar-refractivity contribution in [2.75, 3.05) is 26.8 Å². The Bertz CT molecular complexity index is 1250. The summed E-state index contributed by atoms with van der Waals surface area (Å²) in [6.45, 7) is 5.26. The Balaban J connectivity index is 1.51. The molecule has 1 spiro atoms. The summed E-state index contributed by atoms with van der Waals surface area (Å²) in [6.07, 6.45) is 4.82. The molecule has 1 unspecified atom stereocenters. The largest absolute Gasteiger partial charge is 0.385 e. The maximum atomic E-state index is 12.5. The number of nitrogens with zero attached hydrogens (tertiary/aromatic N) is 1. The van der Waals surface area contributed by atoms with E-state index in [2.05, 4.69) is 54.7 Å². The summed E-state index contributed by atoms with van der Waals surface area (Å²) in [6, 6.07) is 17.3. The number of nitrogens with one attached hydrogen (secondary N) is 1. The zero-order valence-corrected chi connectivity index (χ0v) is 20.4. The predicted octanol–water partition coefficient (Wildman–Crippen LogP) is 4.44. The first-order valence-electron chi connectivity index (χ1n) is 12.3. The quantitative estimate of drug-likeness (QED) is 0.555. The fraction of sp³-hybridized carbons (Fsp3) is 0.414. The number of ether oxygens (including phenoxy) is 2. The van der Waals surface area contributed by atoms with Gasteiger partial charge in [0.25, 0.3) is 5.56 Å². The van der Waals surface area contributed by atoms with Gasteiger partial charge in [0.1, 0.15) is 5.60 Å². The lowest BCUT2D eigenvalue weighted by Crippen LogP contribution is -2.47. The number of rotatable bonds is 6. The van der Waals surface area contributed by atoms with Gasteiger partial charge in [0.15, 0.2) is 0 Å². The molecule has 1 saturated heterocycles. The Morgan fingerprint density at radius 1 is 1.21 bits per heavy atom. The van der Waals surface area contributed by atoms with Crippen molar-refractivity contribution in [1.29, 1.82) is 0 Å². The molecule has 5 nitrogen and oxygen atoms in total. The first-order chi connectivity index (χ1) is 16.5. The highest BCUT2D eigenvalue weighted by Gasteiger charge is 2.49. The number of methoxy groups -OCH3 is 1. The molecule has 178 valence electrons. The van der Waals surface area contributed by atoms with E-state index in [0.29, 0.717) is 6.61 Å². The van der Waals surface area contributed by atoms with Crippen molar-refractivity contribution in [2.45, 2.75) is 44.3 Å². The van der Waals surface area contributed by atoms with Crippen molar-refractivity contribution >= 4 is 0 Å². The molecule has 34 heavy (non-hydrogen) atoms. The first kappa shape index (κ1) is 23.0. The minimum Gasteiger partial charge on any atom is -0.385 e. The fourth-order valence-corrected chi connectivity index (χ4v) is 5.86. The van der Waals surface area contributed by atoms with Crippen LogP contribution in [0.3, 0.4) is 0 Å². The number of aryl methyl sites for hydroxylation is 3. The van der Waals surface area contributed by atoms with Crippen molar-refractivity contribution in [3.8, 4) is 11.1 Å². The van der Waals surface area contributed by atoms with Gasteiger partial charge in [0, 0.05) is 51.1 Å². The number of pyridine rings is 1. The molecular formula is C29H34N2O3. The van der Waals surface area contributed by atoms with Gasteiger partial charge in [-0.15, -0.1) is 0 Å².